The summed E-state index contributed by atoms with van der Waals surface area (Å²) < 4.78 is 25.7. The zero-order chi connectivity index (χ0) is 16.2. The van der Waals surface area contributed by atoms with Gasteiger partial charge < -0.3 is 5.32 Å². The van der Waals surface area contributed by atoms with Crippen molar-refractivity contribution in [1.82, 2.24) is 5.32 Å². The van der Waals surface area contributed by atoms with Crippen LogP contribution in [0.4, 0.5) is 5.69 Å². The molecule has 0 bridgehead atoms. The fourth-order valence-corrected chi connectivity index (χ4v) is 4.32. The summed E-state index contributed by atoms with van der Waals surface area (Å²) >= 11 is 0. The average Bonchev–Trinajstić information content (AvgIpc) is 2.47. The molecule has 1 heterocycles. The van der Waals surface area contributed by atoms with E-state index in [9.17, 15) is 13.2 Å². The monoisotopic (exact) mass is 324 g/mol. The van der Waals surface area contributed by atoms with Crippen LogP contribution in [0.3, 0.4) is 0 Å². The summed E-state index contributed by atoms with van der Waals surface area (Å²) in [5, 5.41) is 2.94. The molecule has 5 nitrogen and oxygen atoms in total. The van der Waals surface area contributed by atoms with Crippen LogP contribution in [0.2, 0.25) is 0 Å². The minimum Gasteiger partial charge on any atom is -0.350 e. The van der Waals surface area contributed by atoms with Gasteiger partial charge in [-0.2, -0.15) is 0 Å². The molecule has 1 N–H and O–H groups in total. The Morgan fingerprint density at radius 2 is 2.14 bits per heavy atom. The molecule has 1 atom stereocenters. The van der Waals surface area contributed by atoms with Crippen molar-refractivity contribution in [2.24, 2.45) is 0 Å². The number of carbonyl (C=O) groups is 1. The quantitative estimate of drug-likeness (QED) is 0.905. The molecule has 2 rings (SSSR count). The van der Waals surface area contributed by atoms with Gasteiger partial charge in [0, 0.05) is 18.2 Å². The Bertz CT molecular complexity index is 628. The second-order valence-electron chi connectivity index (χ2n) is 5.81. The fourth-order valence-electron chi connectivity index (χ4n) is 2.69. The van der Waals surface area contributed by atoms with E-state index in [1.165, 1.54) is 4.31 Å². The Morgan fingerprint density at radius 3 is 2.82 bits per heavy atom. The number of hydrogen-bond donors (Lipinski definition) is 1. The predicted octanol–water partition coefficient (Wildman–Crippen LogP) is 2.54. The molecule has 0 spiro atoms. The summed E-state index contributed by atoms with van der Waals surface area (Å²) in [7, 11) is -3.25. The van der Waals surface area contributed by atoms with Crippen molar-refractivity contribution >= 4 is 21.6 Å². The molecule has 1 unspecified atom stereocenters. The molecule has 0 saturated carbocycles. The van der Waals surface area contributed by atoms with Crippen LogP contribution in [0.15, 0.2) is 24.3 Å². The van der Waals surface area contributed by atoms with Gasteiger partial charge in [-0.05, 0) is 44.4 Å². The maximum Gasteiger partial charge on any atom is 0.251 e. The van der Waals surface area contributed by atoms with Gasteiger partial charge >= 0.3 is 0 Å². The zero-order valence-electron chi connectivity index (χ0n) is 13.2. The molecule has 1 fully saturated rings. The summed E-state index contributed by atoms with van der Waals surface area (Å²) in [5.74, 6) is 0.0222. The van der Waals surface area contributed by atoms with Crippen molar-refractivity contribution in [3.63, 3.8) is 0 Å². The van der Waals surface area contributed by atoms with E-state index < -0.39 is 10.0 Å². The van der Waals surface area contributed by atoms with E-state index >= 15 is 0 Å². The topological polar surface area (TPSA) is 66.5 Å². The minimum absolute atomic E-state index is 0.111. The number of nitrogens with zero attached hydrogens (tertiary/aromatic N) is 1. The molecule has 1 amide bonds. The first-order valence-corrected chi connectivity index (χ1v) is 9.46. The lowest BCUT2D eigenvalue weighted by Crippen LogP contribution is -2.38. The Hall–Kier alpha value is -1.56. The highest BCUT2D eigenvalue weighted by Gasteiger charge is 2.26. The van der Waals surface area contributed by atoms with Gasteiger partial charge in [-0.25, -0.2) is 8.42 Å². The summed E-state index contributed by atoms with van der Waals surface area (Å²) in [4.78, 5) is 12.2. The van der Waals surface area contributed by atoms with Crippen molar-refractivity contribution in [3.8, 4) is 0 Å². The van der Waals surface area contributed by atoms with Crippen LogP contribution in [0.1, 0.15) is 49.9 Å². The molecule has 1 aliphatic heterocycles. The number of nitrogens with one attached hydrogen (secondary N) is 1. The minimum atomic E-state index is -3.25. The van der Waals surface area contributed by atoms with Crippen LogP contribution in [0, 0.1) is 0 Å². The third kappa shape index (κ3) is 4.00. The van der Waals surface area contributed by atoms with E-state index in [0.29, 0.717) is 24.2 Å². The van der Waals surface area contributed by atoms with Crippen LogP contribution in [0.5, 0.6) is 0 Å². The Kier molecular flexibility index (Phi) is 5.45. The third-order valence-electron chi connectivity index (χ3n) is 3.84. The maximum atomic E-state index is 12.2. The van der Waals surface area contributed by atoms with Crippen LogP contribution >= 0.6 is 0 Å². The first kappa shape index (κ1) is 16.8. The second kappa shape index (κ2) is 7.13. The zero-order valence-corrected chi connectivity index (χ0v) is 14.0. The van der Waals surface area contributed by atoms with Gasteiger partial charge in [-0.1, -0.05) is 19.4 Å². The summed E-state index contributed by atoms with van der Waals surface area (Å²) in [5.41, 5.74) is 1.08. The van der Waals surface area contributed by atoms with Crippen molar-refractivity contribution in [3.05, 3.63) is 29.8 Å². The molecule has 0 radical (unpaired) electrons. The van der Waals surface area contributed by atoms with Gasteiger partial charge in [0.15, 0.2) is 0 Å². The van der Waals surface area contributed by atoms with Crippen molar-refractivity contribution in [2.45, 2.75) is 45.6 Å². The van der Waals surface area contributed by atoms with Gasteiger partial charge in [0.1, 0.15) is 0 Å². The van der Waals surface area contributed by atoms with E-state index in [2.05, 4.69) is 12.2 Å². The molecule has 1 aliphatic rings. The Morgan fingerprint density at radius 1 is 1.36 bits per heavy atom. The lowest BCUT2D eigenvalue weighted by molar-refractivity contribution is 0.0938. The predicted molar refractivity (Wildman–Crippen MR) is 88.6 cm³/mol. The number of hydrogen-bond acceptors (Lipinski definition) is 3. The summed E-state index contributed by atoms with van der Waals surface area (Å²) in [6, 6.07) is 6.97. The van der Waals surface area contributed by atoms with Gasteiger partial charge in [0.2, 0.25) is 10.0 Å². The molecule has 6 heteroatoms. The largest absolute Gasteiger partial charge is 0.350 e. The van der Waals surface area contributed by atoms with Crippen molar-refractivity contribution in [2.75, 3.05) is 16.6 Å². The molecule has 1 aromatic rings. The van der Waals surface area contributed by atoms with Crippen LogP contribution in [-0.2, 0) is 10.0 Å². The molecule has 0 aliphatic carbocycles. The first-order valence-electron chi connectivity index (χ1n) is 7.85. The number of amides is 1. The lowest BCUT2D eigenvalue weighted by Gasteiger charge is -2.28. The van der Waals surface area contributed by atoms with Crippen LogP contribution in [0.25, 0.3) is 0 Å². The molecule has 1 aromatic carbocycles. The fraction of sp³-hybridized carbons (Fsp3) is 0.562. The standard InChI is InChI=1S/C16H24N2O3S/c1-3-7-13(2)17-16(19)14-8-6-9-15(12-14)18-10-4-5-11-22(18,20)21/h6,8-9,12-13H,3-5,7,10-11H2,1-2H3,(H,17,19). The second-order valence-corrected chi connectivity index (χ2v) is 7.82. The first-order chi connectivity index (χ1) is 10.4. The van der Waals surface area contributed by atoms with Crippen molar-refractivity contribution < 1.29 is 13.2 Å². The normalized spacial score (nSPS) is 18.7. The summed E-state index contributed by atoms with van der Waals surface area (Å²) in [6.45, 7) is 4.53. The van der Waals surface area contributed by atoms with Crippen molar-refractivity contribution in [1.29, 1.82) is 0 Å². The molecular formula is C16H24N2O3S. The number of anilines is 1. The van der Waals surface area contributed by atoms with E-state index in [0.717, 1.165) is 19.3 Å². The summed E-state index contributed by atoms with van der Waals surface area (Å²) in [6.07, 6.45) is 3.48. The SMILES string of the molecule is CCCC(C)NC(=O)c1cccc(N2CCCCS2(=O)=O)c1. The average molecular weight is 324 g/mol. The maximum absolute atomic E-state index is 12.2. The number of benzene rings is 1. The van der Waals surface area contributed by atoms with Gasteiger partial charge in [0.05, 0.1) is 11.4 Å². The number of carbonyl (C=O) groups excluding carboxylic acids is 1. The highest BCUT2D eigenvalue weighted by molar-refractivity contribution is 7.92. The van der Waals surface area contributed by atoms with E-state index in [1.807, 2.05) is 6.92 Å². The lowest BCUT2D eigenvalue weighted by atomic mass is 10.1. The smallest absolute Gasteiger partial charge is 0.251 e. The van der Waals surface area contributed by atoms with Gasteiger partial charge in [-0.3, -0.25) is 9.10 Å². The Balaban J connectivity index is 2.18. The Labute approximate surface area is 132 Å². The molecule has 1 saturated heterocycles. The molecular weight excluding hydrogens is 300 g/mol. The van der Waals surface area contributed by atoms with E-state index in [4.69, 9.17) is 0 Å². The van der Waals surface area contributed by atoms with Gasteiger partial charge in [0.25, 0.3) is 5.91 Å². The van der Waals surface area contributed by atoms with Crippen LogP contribution < -0.4 is 9.62 Å². The number of sulfonamides is 1. The molecule has 122 valence electrons. The van der Waals surface area contributed by atoms with E-state index in [1.54, 1.807) is 24.3 Å². The van der Waals surface area contributed by atoms with Crippen LogP contribution in [-0.4, -0.2) is 32.7 Å². The van der Waals surface area contributed by atoms with E-state index in [-0.39, 0.29) is 17.7 Å². The molecule has 22 heavy (non-hydrogen) atoms. The highest BCUT2D eigenvalue weighted by atomic mass is 32.2. The number of rotatable bonds is 5. The third-order valence-corrected chi connectivity index (χ3v) is 5.71. The molecule has 0 aromatic heterocycles. The highest BCUT2D eigenvalue weighted by Crippen LogP contribution is 2.24. The van der Waals surface area contributed by atoms with Gasteiger partial charge in [-0.15, -0.1) is 0 Å².